The monoisotopic (exact) mass is 272 g/mol. The molecule has 0 aliphatic heterocycles. The lowest BCUT2D eigenvalue weighted by atomic mass is 10.2. The minimum Gasteiger partial charge on any atom is -0.303 e. The summed E-state index contributed by atoms with van der Waals surface area (Å²) < 4.78 is 0. The Labute approximate surface area is 124 Å². The van der Waals surface area contributed by atoms with Gasteiger partial charge in [0.05, 0.1) is 0 Å². The van der Waals surface area contributed by atoms with Crippen LogP contribution >= 0.6 is 0 Å². The van der Waals surface area contributed by atoms with Crippen LogP contribution in [0.5, 0.6) is 0 Å². The van der Waals surface area contributed by atoms with Gasteiger partial charge in [0.1, 0.15) is 6.29 Å². The molecule has 20 heavy (non-hydrogen) atoms. The van der Waals surface area contributed by atoms with E-state index in [1.54, 1.807) is 0 Å². The van der Waals surface area contributed by atoms with Gasteiger partial charge >= 0.3 is 0 Å². The second kappa shape index (κ2) is 17.4. The Hall–Kier alpha value is -1.63. The molecule has 0 fully saturated rings. The largest absolute Gasteiger partial charge is 0.303 e. The van der Waals surface area contributed by atoms with Crippen LogP contribution in [0, 0.1) is 0 Å². The minimum absolute atomic E-state index is 0.630. The van der Waals surface area contributed by atoms with E-state index < -0.39 is 0 Å². The molecule has 0 saturated heterocycles. The maximum atomic E-state index is 10.1. The molecule has 1 heteroatoms. The third-order valence-corrected chi connectivity index (χ3v) is 2.61. The highest BCUT2D eigenvalue weighted by Crippen LogP contribution is 1.96. The second-order valence-electron chi connectivity index (χ2n) is 4.45. The highest BCUT2D eigenvalue weighted by Gasteiger charge is 1.77. The summed E-state index contributed by atoms with van der Waals surface area (Å²) >= 11 is 0. The molecule has 0 atom stereocenters. The number of unbranched alkanes of at least 4 members (excludes halogenated alkanes) is 1. The van der Waals surface area contributed by atoms with Crippen molar-refractivity contribution in [2.75, 3.05) is 0 Å². The van der Waals surface area contributed by atoms with Crippen molar-refractivity contribution in [3.05, 3.63) is 60.8 Å². The van der Waals surface area contributed by atoms with Crippen LogP contribution in [0.25, 0.3) is 0 Å². The lowest BCUT2D eigenvalue weighted by Gasteiger charge is -1.85. The Morgan fingerprint density at radius 3 is 1.35 bits per heavy atom. The van der Waals surface area contributed by atoms with Crippen molar-refractivity contribution < 1.29 is 4.79 Å². The topological polar surface area (TPSA) is 17.1 Å². The molecule has 0 N–H and O–H groups in total. The summed E-state index contributed by atoms with van der Waals surface area (Å²) in [5.41, 5.74) is 0. The molecule has 0 radical (unpaired) electrons. The van der Waals surface area contributed by atoms with Gasteiger partial charge in [0.25, 0.3) is 0 Å². The van der Waals surface area contributed by atoms with Crippen LogP contribution in [0.1, 0.15) is 51.9 Å². The number of hydrogen-bond acceptors (Lipinski definition) is 1. The van der Waals surface area contributed by atoms with E-state index >= 15 is 0 Å². The summed E-state index contributed by atoms with van der Waals surface area (Å²) in [5.74, 6) is 0. The maximum absolute atomic E-state index is 10.1. The Kier molecular flexibility index (Phi) is 16.0. The van der Waals surface area contributed by atoms with Gasteiger partial charge in [0, 0.05) is 6.42 Å². The highest BCUT2D eigenvalue weighted by atomic mass is 16.1. The first-order chi connectivity index (χ1) is 9.91. The van der Waals surface area contributed by atoms with Crippen LogP contribution < -0.4 is 0 Å². The molecule has 0 amide bonds. The van der Waals surface area contributed by atoms with Gasteiger partial charge in [-0.25, -0.2) is 0 Å². The van der Waals surface area contributed by atoms with Gasteiger partial charge in [-0.15, -0.1) is 0 Å². The molecule has 0 bridgehead atoms. The third-order valence-electron chi connectivity index (χ3n) is 2.61. The summed E-state index contributed by atoms with van der Waals surface area (Å²) in [4.78, 5) is 10.1. The van der Waals surface area contributed by atoms with E-state index in [2.05, 4.69) is 67.7 Å². The molecule has 110 valence electrons. The molecule has 1 nitrogen and oxygen atoms in total. The fourth-order valence-corrected chi connectivity index (χ4v) is 1.53. The van der Waals surface area contributed by atoms with Crippen molar-refractivity contribution in [2.24, 2.45) is 0 Å². The van der Waals surface area contributed by atoms with Crippen molar-refractivity contribution in [3.8, 4) is 0 Å². The molecule has 0 saturated carbocycles. The van der Waals surface area contributed by atoms with Gasteiger partial charge < -0.3 is 4.79 Å². The molecule has 0 spiro atoms. The van der Waals surface area contributed by atoms with Gasteiger partial charge in [-0.05, 0) is 38.5 Å². The first kappa shape index (κ1) is 18.4. The number of rotatable bonds is 12. The average molecular weight is 272 g/mol. The summed E-state index contributed by atoms with van der Waals surface area (Å²) in [5, 5.41) is 0. The van der Waals surface area contributed by atoms with E-state index in [1.165, 1.54) is 0 Å². The van der Waals surface area contributed by atoms with Crippen LogP contribution in [0.3, 0.4) is 0 Å². The van der Waals surface area contributed by atoms with E-state index in [-0.39, 0.29) is 0 Å². The number of carbonyl (C=O) groups is 1. The molecule has 0 unspecified atom stereocenters. The zero-order valence-electron chi connectivity index (χ0n) is 12.7. The third kappa shape index (κ3) is 16.4. The summed E-state index contributed by atoms with van der Waals surface area (Å²) in [6.07, 6.45) is 29.3. The lowest BCUT2D eigenvalue weighted by molar-refractivity contribution is -0.107. The number of carbonyl (C=O) groups excluding carboxylic acids is 1. The van der Waals surface area contributed by atoms with Crippen LogP contribution in [-0.4, -0.2) is 6.29 Å². The maximum Gasteiger partial charge on any atom is 0.120 e. The zero-order valence-corrected chi connectivity index (χ0v) is 12.7. The number of allylic oxidation sites excluding steroid dienone is 10. The molecular formula is C19H28O. The quantitative estimate of drug-likeness (QED) is 0.252. The molecule has 0 aromatic heterocycles. The number of hydrogen-bond donors (Lipinski definition) is 0. The molecule has 0 heterocycles. The predicted octanol–water partition coefficient (Wildman–Crippen LogP) is 5.72. The van der Waals surface area contributed by atoms with Gasteiger partial charge in [-0.3, -0.25) is 0 Å². The zero-order chi connectivity index (χ0) is 14.7. The molecule has 0 aliphatic carbocycles. The van der Waals surface area contributed by atoms with Gasteiger partial charge in [-0.2, -0.15) is 0 Å². The van der Waals surface area contributed by atoms with Crippen LogP contribution in [0.4, 0.5) is 0 Å². The van der Waals surface area contributed by atoms with Crippen molar-refractivity contribution in [2.45, 2.75) is 51.9 Å². The highest BCUT2D eigenvalue weighted by molar-refractivity contribution is 5.49. The SMILES string of the molecule is CC/C=C/C/C=C/C/C=C/C/C=C/C/C=C/CCC=O. The standard InChI is InChI=1S/C19H28O/c1-2-3-4-5-6-7-8-9-10-11-12-13-14-15-16-17-18-19-20/h3-4,6-7,9-10,12-13,15-16,19H,2,5,8,11,14,17-18H2,1H3/b4-3+,7-6+,10-9+,13-12+,16-15+. The minimum atomic E-state index is 0.630. The lowest BCUT2D eigenvalue weighted by Crippen LogP contribution is -1.70. The fourth-order valence-electron chi connectivity index (χ4n) is 1.53. The van der Waals surface area contributed by atoms with E-state index in [4.69, 9.17) is 0 Å². The summed E-state index contributed by atoms with van der Waals surface area (Å²) in [6, 6.07) is 0. The van der Waals surface area contributed by atoms with E-state index in [9.17, 15) is 4.79 Å². The van der Waals surface area contributed by atoms with Crippen molar-refractivity contribution in [1.29, 1.82) is 0 Å². The molecule has 0 aromatic rings. The van der Waals surface area contributed by atoms with Gasteiger partial charge in [0.2, 0.25) is 0 Å². The fraction of sp³-hybridized carbons (Fsp3) is 0.421. The average Bonchev–Trinajstić information content (AvgIpc) is 2.47. The first-order valence-electron chi connectivity index (χ1n) is 7.60. The van der Waals surface area contributed by atoms with E-state index in [0.717, 1.165) is 44.8 Å². The number of aldehydes is 1. The van der Waals surface area contributed by atoms with Crippen LogP contribution in [0.2, 0.25) is 0 Å². The van der Waals surface area contributed by atoms with E-state index in [1.807, 2.05) is 0 Å². The summed E-state index contributed by atoms with van der Waals surface area (Å²) in [7, 11) is 0. The van der Waals surface area contributed by atoms with Crippen molar-refractivity contribution >= 4 is 6.29 Å². The molecule has 0 aliphatic rings. The smallest absolute Gasteiger partial charge is 0.120 e. The Morgan fingerprint density at radius 2 is 0.950 bits per heavy atom. The van der Waals surface area contributed by atoms with Gasteiger partial charge in [0.15, 0.2) is 0 Å². The predicted molar refractivity (Wildman–Crippen MR) is 89.8 cm³/mol. The first-order valence-corrected chi connectivity index (χ1v) is 7.60. The molecular weight excluding hydrogens is 244 g/mol. The van der Waals surface area contributed by atoms with Crippen LogP contribution in [-0.2, 0) is 4.79 Å². The molecule has 0 rings (SSSR count). The van der Waals surface area contributed by atoms with Crippen molar-refractivity contribution in [3.63, 3.8) is 0 Å². The second-order valence-corrected chi connectivity index (χ2v) is 4.45. The Bertz CT molecular complexity index is 343. The normalized spacial score (nSPS) is 12.8. The van der Waals surface area contributed by atoms with Crippen molar-refractivity contribution in [1.82, 2.24) is 0 Å². The Morgan fingerprint density at radius 1 is 0.550 bits per heavy atom. The van der Waals surface area contributed by atoms with E-state index in [0.29, 0.717) is 6.42 Å². The Balaban J connectivity index is 3.44. The molecule has 0 aromatic carbocycles. The summed E-state index contributed by atoms with van der Waals surface area (Å²) in [6.45, 7) is 2.15. The van der Waals surface area contributed by atoms with Gasteiger partial charge in [-0.1, -0.05) is 67.7 Å². The van der Waals surface area contributed by atoms with Crippen LogP contribution in [0.15, 0.2) is 60.8 Å².